The maximum Gasteiger partial charge on any atom is 0.141 e. The zero-order valence-corrected chi connectivity index (χ0v) is 8.84. The van der Waals surface area contributed by atoms with Crippen LogP contribution in [0.2, 0.25) is 0 Å². The van der Waals surface area contributed by atoms with Crippen LogP contribution in [0.15, 0.2) is 41.5 Å². The maximum atomic E-state index is 5.74. The number of methoxy groups -OCH3 is 1. The highest BCUT2D eigenvalue weighted by Gasteiger charge is 2.13. The second kappa shape index (κ2) is 4.73. The van der Waals surface area contributed by atoms with Gasteiger partial charge < -0.3 is 10.5 Å². The first-order valence-corrected chi connectivity index (χ1v) is 4.76. The first-order chi connectivity index (χ1) is 6.67. The molecule has 2 N–H and O–H groups in total. The number of nitrogens with two attached hydrogens (primary N) is 1. The van der Waals surface area contributed by atoms with Crippen LogP contribution >= 0.6 is 0 Å². The van der Waals surface area contributed by atoms with Gasteiger partial charge >= 0.3 is 0 Å². The molecule has 0 aromatic carbocycles. The van der Waals surface area contributed by atoms with E-state index < -0.39 is 0 Å². The summed E-state index contributed by atoms with van der Waals surface area (Å²) >= 11 is 0. The minimum Gasteiger partial charge on any atom is -0.493 e. The summed E-state index contributed by atoms with van der Waals surface area (Å²) in [7, 11) is 1.64. The van der Waals surface area contributed by atoms with Crippen molar-refractivity contribution in [3.8, 4) is 0 Å². The molecule has 1 aliphatic carbocycles. The van der Waals surface area contributed by atoms with E-state index in [4.69, 9.17) is 10.5 Å². The lowest BCUT2D eigenvalue weighted by atomic mass is 9.89. The van der Waals surface area contributed by atoms with Crippen LogP contribution in [0.1, 0.15) is 21.2 Å². The molecule has 0 aromatic heterocycles. The Hall–Kier alpha value is -1.40. The molecule has 0 aromatic rings. The van der Waals surface area contributed by atoms with Gasteiger partial charge in [-0.2, -0.15) is 0 Å². The average Bonchev–Trinajstić information content (AvgIpc) is 2.19. The molecule has 0 fully saturated rings. The molecular weight excluding hydrogens is 174 g/mol. The quantitative estimate of drug-likeness (QED) is 0.552. The summed E-state index contributed by atoms with van der Waals surface area (Å²) in [5.41, 5.74) is 10.7. The molecule has 1 atom stereocenters. The van der Waals surface area contributed by atoms with E-state index in [2.05, 4.69) is 25.3 Å². The fourth-order valence-electron chi connectivity index (χ4n) is 1.50. The SMILES string of the molecule is C=C=C(CC1=CC(N)=CCC1C)OC.[HH]. The van der Waals surface area contributed by atoms with Gasteiger partial charge in [-0.3, -0.25) is 0 Å². The zero-order chi connectivity index (χ0) is 10.6. The Balaban J connectivity index is 0.00000196. The molecule has 0 amide bonds. The summed E-state index contributed by atoms with van der Waals surface area (Å²) in [6.07, 6.45) is 5.84. The summed E-state index contributed by atoms with van der Waals surface area (Å²) in [6.45, 7) is 5.77. The van der Waals surface area contributed by atoms with Crippen LogP contribution in [0.25, 0.3) is 0 Å². The van der Waals surface area contributed by atoms with E-state index in [1.807, 2.05) is 6.08 Å². The number of rotatable bonds is 3. The Bertz CT molecular complexity index is 325. The fourth-order valence-corrected chi connectivity index (χ4v) is 1.50. The molecule has 0 saturated heterocycles. The predicted octanol–water partition coefficient (Wildman–Crippen LogP) is 2.75. The van der Waals surface area contributed by atoms with E-state index >= 15 is 0 Å². The highest BCUT2D eigenvalue weighted by atomic mass is 16.5. The van der Waals surface area contributed by atoms with Crippen LogP contribution in [0, 0.1) is 5.92 Å². The number of hydrogen-bond donors (Lipinski definition) is 1. The van der Waals surface area contributed by atoms with Gasteiger partial charge in [0.2, 0.25) is 0 Å². The van der Waals surface area contributed by atoms with E-state index in [1.165, 1.54) is 5.57 Å². The molecule has 14 heavy (non-hydrogen) atoms. The zero-order valence-electron chi connectivity index (χ0n) is 8.84. The molecule has 0 heterocycles. The van der Waals surface area contributed by atoms with E-state index in [9.17, 15) is 0 Å². The highest BCUT2D eigenvalue weighted by molar-refractivity contribution is 5.29. The average molecular weight is 193 g/mol. The molecule has 2 heteroatoms. The predicted molar refractivity (Wildman–Crippen MR) is 60.5 cm³/mol. The van der Waals surface area contributed by atoms with Crippen LogP contribution < -0.4 is 5.73 Å². The highest BCUT2D eigenvalue weighted by Crippen LogP contribution is 2.26. The van der Waals surface area contributed by atoms with Crippen LogP contribution in [0.5, 0.6) is 0 Å². The number of allylic oxidation sites excluding steroid dienone is 3. The summed E-state index contributed by atoms with van der Waals surface area (Å²) in [4.78, 5) is 0. The van der Waals surface area contributed by atoms with Gasteiger partial charge in [0.05, 0.1) is 7.11 Å². The maximum absolute atomic E-state index is 5.74. The molecule has 1 rings (SSSR count). The van der Waals surface area contributed by atoms with Crippen molar-refractivity contribution in [2.45, 2.75) is 19.8 Å². The van der Waals surface area contributed by atoms with Gasteiger partial charge in [0.15, 0.2) is 0 Å². The molecule has 0 saturated carbocycles. The Labute approximate surface area is 86.9 Å². The van der Waals surface area contributed by atoms with Crippen molar-refractivity contribution < 1.29 is 6.16 Å². The number of hydrogen-bond acceptors (Lipinski definition) is 2. The Morgan fingerprint density at radius 2 is 2.57 bits per heavy atom. The van der Waals surface area contributed by atoms with E-state index in [0.29, 0.717) is 5.92 Å². The first kappa shape index (κ1) is 10.7. The monoisotopic (exact) mass is 193 g/mol. The van der Waals surface area contributed by atoms with Crippen molar-refractivity contribution in [2.24, 2.45) is 11.7 Å². The molecule has 1 aliphatic rings. The van der Waals surface area contributed by atoms with Crippen LogP contribution in [-0.4, -0.2) is 7.11 Å². The van der Waals surface area contributed by atoms with Crippen molar-refractivity contribution in [1.29, 1.82) is 0 Å². The Kier molecular flexibility index (Phi) is 3.61. The fraction of sp³-hybridized carbons (Fsp3) is 0.417. The van der Waals surface area contributed by atoms with Gasteiger partial charge in [0.1, 0.15) is 5.76 Å². The number of ether oxygens (including phenoxy) is 1. The lowest BCUT2D eigenvalue weighted by molar-refractivity contribution is 0.281. The van der Waals surface area contributed by atoms with Crippen molar-refractivity contribution in [1.82, 2.24) is 0 Å². The molecule has 0 aliphatic heterocycles. The summed E-state index contributed by atoms with van der Waals surface area (Å²) in [5, 5.41) is 0. The molecule has 78 valence electrons. The van der Waals surface area contributed by atoms with Crippen LogP contribution in [-0.2, 0) is 4.74 Å². The molecule has 0 radical (unpaired) electrons. The van der Waals surface area contributed by atoms with Gasteiger partial charge in [-0.15, -0.1) is 0 Å². The van der Waals surface area contributed by atoms with Gasteiger partial charge in [0.25, 0.3) is 0 Å². The van der Waals surface area contributed by atoms with Gasteiger partial charge in [0, 0.05) is 13.5 Å². The standard InChI is InChI=1S/C12H17NO.H2/c1-4-12(14-3)8-10-7-11(13)6-5-9(10)2;/h6-7,9H,1,5,8,13H2,2-3H3;1H. The van der Waals surface area contributed by atoms with Crippen molar-refractivity contribution in [3.63, 3.8) is 0 Å². The van der Waals surface area contributed by atoms with E-state index in [0.717, 1.165) is 24.3 Å². The largest absolute Gasteiger partial charge is 0.493 e. The van der Waals surface area contributed by atoms with Crippen LogP contribution in [0.4, 0.5) is 0 Å². The lowest BCUT2D eigenvalue weighted by Crippen LogP contribution is -2.09. The Morgan fingerprint density at radius 3 is 3.14 bits per heavy atom. The third-order valence-electron chi connectivity index (χ3n) is 2.50. The topological polar surface area (TPSA) is 35.2 Å². The van der Waals surface area contributed by atoms with Crippen LogP contribution in [0.3, 0.4) is 0 Å². The normalized spacial score (nSPS) is 20.6. The smallest absolute Gasteiger partial charge is 0.141 e. The molecule has 1 unspecified atom stereocenters. The molecule has 2 nitrogen and oxygen atoms in total. The minimum absolute atomic E-state index is 0. The molecule has 0 bridgehead atoms. The van der Waals surface area contributed by atoms with Gasteiger partial charge in [-0.05, 0) is 18.4 Å². The second-order valence-electron chi connectivity index (χ2n) is 3.54. The van der Waals surface area contributed by atoms with Crippen molar-refractivity contribution in [3.05, 3.63) is 41.5 Å². The third-order valence-corrected chi connectivity index (χ3v) is 2.50. The van der Waals surface area contributed by atoms with Gasteiger partial charge in [-0.1, -0.05) is 30.9 Å². The van der Waals surface area contributed by atoms with E-state index in [1.54, 1.807) is 7.11 Å². The van der Waals surface area contributed by atoms with Crippen molar-refractivity contribution >= 4 is 0 Å². The lowest BCUT2D eigenvalue weighted by Gasteiger charge is -2.19. The van der Waals surface area contributed by atoms with Gasteiger partial charge in [-0.25, -0.2) is 0 Å². The minimum atomic E-state index is 0. The molecular formula is C12H19NO. The second-order valence-corrected chi connectivity index (χ2v) is 3.54. The first-order valence-electron chi connectivity index (χ1n) is 4.76. The Morgan fingerprint density at radius 1 is 1.86 bits per heavy atom. The van der Waals surface area contributed by atoms with Crippen molar-refractivity contribution in [2.75, 3.05) is 7.11 Å². The third kappa shape index (κ3) is 2.54. The molecule has 0 spiro atoms. The summed E-state index contributed by atoms with van der Waals surface area (Å²) < 4.78 is 5.13. The summed E-state index contributed by atoms with van der Waals surface area (Å²) in [6, 6.07) is 0. The summed E-state index contributed by atoms with van der Waals surface area (Å²) in [5.74, 6) is 1.30. The van der Waals surface area contributed by atoms with E-state index in [-0.39, 0.29) is 1.43 Å².